The number of nitrogens with zero attached hydrogens (tertiary/aromatic N) is 5. The maximum absolute atomic E-state index is 12.4. The molecule has 1 amide bonds. The molecule has 2 aliphatic heterocycles. The van der Waals surface area contributed by atoms with Crippen LogP contribution in [0.15, 0.2) is 47.1 Å². The van der Waals surface area contributed by atoms with Crippen LogP contribution in [0.5, 0.6) is 11.5 Å². The molecule has 1 aromatic heterocycles. The maximum Gasteiger partial charge on any atom is 0.276 e. The van der Waals surface area contributed by atoms with Crippen LogP contribution >= 0.6 is 11.6 Å². The van der Waals surface area contributed by atoms with Gasteiger partial charge in [-0.1, -0.05) is 22.9 Å². The zero-order valence-corrected chi connectivity index (χ0v) is 18.7. The van der Waals surface area contributed by atoms with Crippen molar-refractivity contribution >= 4 is 40.6 Å². The molecule has 1 fully saturated rings. The second-order valence-electron chi connectivity index (χ2n) is 7.56. The molecular weight excluding hydrogens is 446 g/mol. The van der Waals surface area contributed by atoms with Crippen LogP contribution in [-0.2, 0) is 11.5 Å². The molecule has 2 aromatic carbocycles. The molecule has 33 heavy (non-hydrogen) atoms. The number of halogens is 1. The third-order valence-electron chi connectivity index (χ3n) is 5.41. The van der Waals surface area contributed by atoms with Gasteiger partial charge in [-0.25, -0.2) is 9.67 Å². The highest BCUT2D eigenvalue weighted by atomic mass is 35.5. The van der Waals surface area contributed by atoms with Crippen LogP contribution in [0.1, 0.15) is 5.56 Å². The number of amides is 1. The lowest BCUT2D eigenvalue weighted by atomic mass is 10.1. The quantitative estimate of drug-likeness (QED) is 0.552. The number of aliphatic imine (C=N–C) groups is 1. The van der Waals surface area contributed by atoms with Crippen molar-refractivity contribution in [2.75, 3.05) is 33.3 Å². The molecule has 11 heteroatoms. The number of hydrogen-bond acceptors (Lipinski definition) is 8. The van der Waals surface area contributed by atoms with Crippen molar-refractivity contribution in [1.29, 1.82) is 0 Å². The summed E-state index contributed by atoms with van der Waals surface area (Å²) >= 11 is 6.01. The number of piperazine rings is 1. The molecule has 0 saturated carbocycles. The number of rotatable bonds is 5. The highest BCUT2D eigenvalue weighted by Gasteiger charge is 2.25. The van der Waals surface area contributed by atoms with Crippen LogP contribution in [0.3, 0.4) is 0 Å². The molecule has 3 aromatic rings. The monoisotopic (exact) mass is 467 g/mol. The van der Waals surface area contributed by atoms with Crippen LogP contribution < -0.4 is 20.1 Å². The number of hydrogen-bond donors (Lipinski definition) is 2. The summed E-state index contributed by atoms with van der Waals surface area (Å²) < 4.78 is 13.0. The van der Waals surface area contributed by atoms with Gasteiger partial charge in [-0.2, -0.15) is 0 Å². The highest BCUT2D eigenvalue weighted by molar-refractivity contribution is 6.31. The fourth-order valence-corrected chi connectivity index (χ4v) is 3.87. The molecule has 170 valence electrons. The minimum absolute atomic E-state index is 0.148. The number of fused-ring (bicyclic) bond motifs is 1. The van der Waals surface area contributed by atoms with E-state index in [0.717, 1.165) is 37.3 Å². The standard InChI is InChI=1S/C22H22ClN7O3/c1-32-20-11-14(10-17-21(31)26-22(25-17)29-8-6-24-7-9-29)2-5-19(20)33-13-30-18-4-3-15(23)12-16(18)27-28-30/h2-5,10-12,24H,6-9,13H2,1H3,(H,25,26,31). The normalized spacial score (nSPS) is 17.4. The molecule has 5 rings (SSSR count). The first-order chi connectivity index (χ1) is 16.1. The van der Waals surface area contributed by atoms with Crippen molar-refractivity contribution in [1.82, 2.24) is 30.5 Å². The molecule has 3 heterocycles. The Bertz CT molecular complexity index is 1260. The number of benzene rings is 2. The van der Waals surface area contributed by atoms with Crippen LogP contribution in [0, 0.1) is 0 Å². The fourth-order valence-electron chi connectivity index (χ4n) is 3.71. The Morgan fingerprint density at radius 2 is 2.00 bits per heavy atom. The first kappa shape index (κ1) is 21.2. The Labute approximate surface area is 194 Å². The SMILES string of the molecule is COc1cc(C=C2N=C(N3CCNCC3)NC2=O)ccc1OCn1nnc2cc(Cl)ccc21. The Hall–Kier alpha value is -3.63. The Morgan fingerprint density at radius 3 is 2.82 bits per heavy atom. The summed E-state index contributed by atoms with van der Waals surface area (Å²) in [7, 11) is 1.56. The summed E-state index contributed by atoms with van der Waals surface area (Å²) in [4.78, 5) is 18.9. The van der Waals surface area contributed by atoms with Gasteiger partial charge in [0.05, 0.1) is 12.6 Å². The highest BCUT2D eigenvalue weighted by Crippen LogP contribution is 2.30. The summed E-state index contributed by atoms with van der Waals surface area (Å²) in [5.41, 5.74) is 2.63. The first-order valence-corrected chi connectivity index (χ1v) is 10.9. The van der Waals surface area contributed by atoms with Crippen LogP contribution in [0.2, 0.25) is 5.02 Å². The van der Waals surface area contributed by atoms with Gasteiger partial charge in [0.25, 0.3) is 5.91 Å². The molecule has 0 unspecified atom stereocenters. The van der Waals surface area contributed by atoms with E-state index >= 15 is 0 Å². The zero-order valence-electron chi connectivity index (χ0n) is 17.9. The summed E-state index contributed by atoms with van der Waals surface area (Å²) in [6, 6.07) is 10.8. The number of carbonyl (C=O) groups is 1. The number of nitrogens with one attached hydrogen (secondary N) is 2. The van der Waals surface area contributed by atoms with E-state index in [9.17, 15) is 4.79 Å². The van der Waals surface area contributed by atoms with Gasteiger partial charge in [-0.05, 0) is 42.0 Å². The average molecular weight is 468 g/mol. The topological polar surface area (TPSA) is 106 Å². The van der Waals surface area contributed by atoms with Gasteiger partial charge in [0.1, 0.15) is 11.2 Å². The van der Waals surface area contributed by atoms with E-state index in [2.05, 4.69) is 30.8 Å². The third kappa shape index (κ3) is 4.48. The van der Waals surface area contributed by atoms with Gasteiger partial charge in [0, 0.05) is 31.2 Å². The Morgan fingerprint density at radius 1 is 1.15 bits per heavy atom. The molecule has 0 atom stereocenters. The third-order valence-corrected chi connectivity index (χ3v) is 5.65. The number of carbonyl (C=O) groups excluding carboxylic acids is 1. The van der Waals surface area contributed by atoms with E-state index < -0.39 is 0 Å². The number of guanidine groups is 1. The maximum atomic E-state index is 12.4. The smallest absolute Gasteiger partial charge is 0.276 e. The van der Waals surface area contributed by atoms with Gasteiger partial charge >= 0.3 is 0 Å². The van der Waals surface area contributed by atoms with E-state index in [-0.39, 0.29) is 12.6 Å². The molecule has 0 bridgehead atoms. The minimum atomic E-state index is -0.221. The van der Waals surface area contributed by atoms with E-state index in [1.54, 1.807) is 42.1 Å². The predicted octanol–water partition coefficient (Wildman–Crippen LogP) is 1.86. The molecule has 1 saturated heterocycles. The molecule has 0 spiro atoms. The number of methoxy groups -OCH3 is 1. The molecular formula is C22H22ClN7O3. The van der Waals surface area contributed by atoms with Gasteiger partial charge in [0.2, 0.25) is 5.96 Å². The zero-order chi connectivity index (χ0) is 22.8. The van der Waals surface area contributed by atoms with Gasteiger partial charge in [-0.3, -0.25) is 10.1 Å². The van der Waals surface area contributed by atoms with Crippen molar-refractivity contribution in [3.8, 4) is 11.5 Å². The lowest BCUT2D eigenvalue weighted by molar-refractivity contribution is -0.115. The Kier molecular flexibility index (Phi) is 5.84. The number of aromatic nitrogens is 3. The van der Waals surface area contributed by atoms with Crippen LogP contribution in [0.25, 0.3) is 17.1 Å². The largest absolute Gasteiger partial charge is 0.493 e. The summed E-state index contributed by atoms with van der Waals surface area (Å²) in [6.07, 6.45) is 1.73. The summed E-state index contributed by atoms with van der Waals surface area (Å²) in [5, 5.41) is 15.0. The van der Waals surface area contributed by atoms with E-state index in [1.165, 1.54) is 0 Å². The van der Waals surface area contributed by atoms with E-state index in [4.69, 9.17) is 21.1 Å². The van der Waals surface area contributed by atoms with Crippen molar-refractivity contribution in [3.05, 3.63) is 52.7 Å². The van der Waals surface area contributed by atoms with Crippen LogP contribution in [-0.4, -0.2) is 65.0 Å². The van der Waals surface area contributed by atoms with E-state index in [0.29, 0.717) is 33.7 Å². The molecule has 0 radical (unpaired) electrons. The molecule has 10 nitrogen and oxygen atoms in total. The van der Waals surface area contributed by atoms with Gasteiger partial charge in [0.15, 0.2) is 18.2 Å². The van der Waals surface area contributed by atoms with Crippen LogP contribution in [0.4, 0.5) is 0 Å². The number of ether oxygens (including phenoxy) is 2. The van der Waals surface area contributed by atoms with Crippen molar-refractivity contribution in [3.63, 3.8) is 0 Å². The first-order valence-electron chi connectivity index (χ1n) is 10.5. The Balaban J connectivity index is 1.32. The average Bonchev–Trinajstić information content (AvgIpc) is 3.41. The van der Waals surface area contributed by atoms with Gasteiger partial charge in [-0.15, -0.1) is 5.10 Å². The van der Waals surface area contributed by atoms with Crippen molar-refractivity contribution in [2.45, 2.75) is 6.73 Å². The fraction of sp³-hybridized carbons (Fsp3) is 0.273. The lowest BCUT2D eigenvalue weighted by Crippen LogP contribution is -2.50. The lowest BCUT2D eigenvalue weighted by Gasteiger charge is -2.28. The molecule has 2 N–H and O–H groups in total. The predicted molar refractivity (Wildman–Crippen MR) is 124 cm³/mol. The second kappa shape index (κ2) is 9.08. The summed E-state index contributed by atoms with van der Waals surface area (Å²) in [5.74, 6) is 1.45. The molecule has 2 aliphatic rings. The molecule has 0 aliphatic carbocycles. The van der Waals surface area contributed by atoms with Crippen molar-refractivity contribution < 1.29 is 14.3 Å². The second-order valence-corrected chi connectivity index (χ2v) is 8.00. The van der Waals surface area contributed by atoms with E-state index in [1.807, 2.05) is 12.1 Å². The minimum Gasteiger partial charge on any atom is -0.493 e. The summed E-state index contributed by atoms with van der Waals surface area (Å²) in [6.45, 7) is 3.49. The van der Waals surface area contributed by atoms with Gasteiger partial charge < -0.3 is 19.7 Å². The van der Waals surface area contributed by atoms with Crippen molar-refractivity contribution in [2.24, 2.45) is 4.99 Å².